The highest BCUT2D eigenvalue weighted by atomic mass is 19.1. The van der Waals surface area contributed by atoms with Crippen LogP contribution in [0.2, 0.25) is 0 Å². The number of para-hydroxylation sites is 1. The number of imidazole rings is 1. The maximum absolute atomic E-state index is 14.7. The van der Waals surface area contributed by atoms with Crippen LogP contribution in [0.1, 0.15) is 35.9 Å². The van der Waals surface area contributed by atoms with Gasteiger partial charge in [-0.1, -0.05) is 24.3 Å². The predicted molar refractivity (Wildman–Crippen MR) is 108 cm³/mol. The van der Waals surface area contributed by atoms with Gasteiger partial charge in [-0.3, -0.25) is 0 Å². The van der Waals surface area contributed by atoms with Gasteiger partial charge in [0.15, 0.2) is 0 Å². The molecule has 2 aromatic carbocycles. The third-order valence-corrected chi connectivity index (χ3v) is 5.36. The third-order valence-electron chi connectivity index (χ3n) is 5.36. The van der Waals surface area contributed by atoms with Crippen molar-refractivity contribution in [1.29, 1.82) is 0 Å². The van der Waals surface area contributed by atoms with Crippen molar-refractivity contribution in [2.75, 3.05) is 13.7 Å². The van der Waals surface area contributed by atoms with E-state index in [-0.39, 0.29) is 24.6 Å². The van der Waals surface area contributed by atoms with Crippen LogP contribution < -0.4 is 4.74 Å². The molecule has 3 aromatic rings. The average molecular weight is 396 g/mol. The molecule has 29 heavy (non-hydrogen) atoms. The minimum Gasteiger partial charge on any atom is -0.488 e. The number of hydrogen-bond donors (Lipinski definition) is 0. The molecule has 0 radical (unpaired) electrons. The fraction of sp³-hybridized carbons (Fsp3) is 0.348. The van der Waals surface area contributed by atoms with Crippen LogP contribution in [0.4, 0.5) is 4.39 Å². The second-order valence-electron chi connectivity index (χ2n) is 7.19. The van der Waals surface area contributed by atoms with Crippen LogP contribution in [0, 0.1) is 12.7 Å². The van der Waals surface area contributed by atoms with Gasteiger partial charge in [0.25, 0.3) is 0 Å². The molecular formula is C23H25FN2O3. The van der Waals surface area contributed by atoms with Crippen molar-refractivity contribution in [3.05, 3.63) is 77.6 Å². The Bertz CT molecular complexity index is 972. The summed E-state index contributed by atoms with van der Waals surface area (Å²) in [5.41, 5.74) is 2.21. The number of benzene rings is 2. The van der Waals surface area contributed by atoms with Crippen molar-refractivity contribution in [3.63, 3.8) is 0 Å². The summed E-state index contributed by atoms with van der Waals surface area (Å²) in [5, 5.41) is 0. The fourth-order valence-corrected chi connectivity index (χ4v) is 3.68. The minimum absolute atomic E-state index is 0.0821. The summed E-state index contributed by atoms with van der Waals surface area (Å²) in [5.74, 6) is 1.22. The van der Waals surface area contributed by atoms with Crippen molar-refractivity contribution < 1.29 is 18.6 Å². The second kappa shape index (κ2) is 8.76. The molecule has 1 aromatic heterocycles. The van der Waals surface area contributed by atoms with Crippen LogP contribution in [0.5, 0.6) is 5.75 Å². The molecule has 0 aliphatic carbocycles. The Kier molecular flexibility index (Phi) is 5.92. The van der Waals surface area contributed by atoms with Gasteiger partial charge in [-0.2, -0.15) is 0 Å². The first kappa shape index (κ1) is 19.6. The molecule has 1 aliphatic rings. The van der Waals surface area contributed by atoms with Gasteiger partial charge in [-0.05, 0) is 31.5 Å². The van der Waals surface area contributed by atoms with Crippen molar-refractivity contribution in [1.82, 2.24) is 9.55 Å². The number of rotatable bonds is 6. The van der Waals surface area contributed by atoms with Gasteiger partial charge in [0.05, 0.1) is 12.2 Å². The third kappa shape index (κ3) is 4.33. The molecule has 152 valence electrons. The monoisotopic (exact) mass is 396 g/mol. The van der Waals surface area contributed by atoms with Crippen LogP contribution in [0.3, 0.4) is 0 Å². The van der Waals surface area contributed by atoms with Crippen molar-refractivity contribution >= 4 is 0 Å². The lowest BCUT2D eigenvalue weighted by Crippen LogP contribution is -2.25. The lowest BCUT2D eigenvalue weighted by atomic mass is 9.98. The molecule has 5 nitrogen and oxygen atoms in total. The standard InChI is InChI=1S/C23H25FN2O3/c1-16-25-10-11-26(16)18-8-7-17(21(24)13-18)15-29-22-6-4-3-5-20(22)23-14-19(27-2)9-12-28-23/h3-8,10-11,13,19,23H,9,12,14-15H2,1-2H3. The van der Waals surface area contributed by atoms with E-state index in [1.165, 1.54) is 6.07 Å². The Balaban J connectivity index is 1.49. The molecule has 2 unspecified atom stereocenters. The molecule has 1 fully saturated rings. The molecule has 0 bridgehead atoms. The lowest BCUT2D eigenvalue weighted by molar-refractivity contribution is -0.0607. The fourth-order valence-electron chi connectivity index (χ4n) is 3.68. The number of methoxy groups -OCH3 is 1. The van der Waals surface area contributed by atoms with Crippen LogP contribution in [0.15, 0.2) is 54.9 Å². The van der Waals surface area contributed by atoms with Gasteiger partial charge in [-0.15, -0.1) is 0 Å². The van der Waals surface area contributed by atoms with E-state index in [0.717, 1.165) is 29.9 Å². The zero-order valence-corrected chi connectivity index (χ0v) is 16.7. The van der Waals surface area contributed by atoms with Gasteiger partial charge >= 0.3 is 0 Å². The summed E-state index contributed by atoms with van der Waals surface area (Å²) in [6.07, 6.45) is 5.28. The van der Waals surface area contributed by atoms with E-state index in [4.69, 9.17) is 14.2 Å². The Labute approximate surface area is 170 Å². The molecule has 0 N–H and O–H groups in total. The Hall–Kier alpha value is -2.70. The zero-order chi connectivity index (χ0) is 20.2. The molecule has 6 heteroatoms. The van der Waals surface area contributed by atoms with E-state index in [9.17, 15) is 4.39 Å². The molecule has 1 saturated heterocycles. The number of aryl methyl sites for hydroxylation is 1. The van der Waals surface area contributed by atoms with Crippen LogP contribution in [-0.4, -0.2) is 29.4 Å². The number of halogens is 1. The van der Waals surface area contributed by atoms with Gasteiger partial charge < -0.3 is 18.8 Å². The Morgan fingerprint density at radius 1 is 1.24 bits per heavy atom. The summed E-state index contributed by atoms with van der Waals surface area (Å²) in [6, 6.07) is 12.9. The predicted octanol–water partition coefficient (Wildman–Crippen LogP) is 4.77. The van der Waals surface area contributed by atoms with E-state index < -0.39 is 0 Å². The molecule has 0 spiro atoms. The molecule has 0 saturated carbocycles. The maximum atomic E-state index is 14.7. The molecular weight excluding hydrogens is 371 g/mol. The van der Waals surface area contributed by atoms with E-state index in [1.807, 2.05) is 48.0 Å². The molecule has 4 rings (SSSR count). The lowest BCUT2D eigenvalue weighted by Gasteiger charge is -2.30. The minimum atomic E-state index is -0.304. The largest absolute Gasteiger partial charge is 0.488 e. The van der Waals surface area contributed by atoms with Crippen molar-refractivity contribution in [2.24, 2.45) is 0 Å². The summed E-state index contributed by atoms with van der Waals surface area (Å²) < 4.78 is 34.0. The van der Waals surface area contributed by atoms with E-state index in [2.05, 4.69) is 4.98 Å². The first-order chi connectivity index (χ1) is 14.2. The number of aromatic nitrogens is 2. The van der Waals surface area contributed by atoms with Crippen LogP contribution >= 0.6 is 0 Å². The molecule has 1 aliphatic heterocycles. The van der Waals surface area contributed by atoms with E-state index >= 15 is 0 Å². The SMILES string of the molecule is COC1CCOC(c2ccccc2OCc2ccc(-n3ccnc3C)cc2F)C1. The molecule has 2 heterocycles. The number of nitrogens with zero attached hydrogens (tertiary/aromatic N) is 2. The highest BCUT2D eigenvalue weighted by Crippen LogP contribution is 2.35. The normalized spacial score (nSPS) is 19.3. The first-order valence-corrected chi connectivity index (χ1v) is 9.80. The van der Waals surface area contributed by atoms with Gasteiger partial charge in [-0.25, -0.2) is 9.37 Å². The quantitative estimate of drug-likeness (QED) is 0.602. The average Bonchev–Trinajstić information content (AvgIpc) is 3.19. The Morgan fingerprint density at radius 2 is 2.10 bits per heavy atom. The van der Waals surface area contributed by atoms with Gasteiger partial charge in [0.2, 0.25) is 0 Å². The van der Waals surface area contributed by atoms with E-state index in [0.29, 0.717) is 17.9 Å². The van der Waals surface area contributed by atoms with Crippen LogP contribution in [-0.2, 0) is 16.1 Å². The van der Waals surface area contributed by atoms with Gasteiger partial charge in [0.1, 0.15) is 24.0 Å². The first-order valence-electron chi connectivity index (χ1n) is 9.80. The van der Waals surface area contributed by atoms with E-state index in [1.54, 1.807) is 19.4 Å². The molecule has 2 atom stereocenters. The highest BCUT2D eigenvalue weighted by molar-refractivity contribution is 5.38. The van der Waals surface area contributed by atoms with Gasteiger partial charge in [0, 0.05) is 49.3 Å². The topological polar surface area (TPSA) is 45.5 Å². The number of ether oxygens (including phenoxy) is 3. The zero-order valence-electron chi connectivity index (χ0n) is 16.7. The number of hydrogen-bond acceptors (Lipinski definition) is 4. The van der Waals surface area contributed by atoms with Crippen LogP contribution in [0.25, 0.3) is 5.69 Å². The Morgan fingerprint density at radius 3 is 2.86 bits per heavy atom. The second-order valence-corrected chi connectivity index (χ2v) is 7.19. The summed E-state index contributed by atoms with van der Waals surface area (Å²) in [7, 11) is 1.73. The maximum Gasteiger partial charge on any atom is 0.131 e. The summed E-state index contributed by atoms with van der Waals surface area (Å²) in [6.45, 7) is 2.68. The highest BCUT2D eigenvalue weighted by Gasteiger charge is 2.26. The molecule has 0 amide bonds. The summed E-state index contributed by atoms with van der Waals surface area (Å²) in [4.78, 5) is 4.18. The van der Waals surface area contributed by atoms with Crippen molar-refractivity contribution in [2.45, 2.75) is 38.6 Å². The van der Waals surface area contributed by atoms with Crippen molar-refractivity contribution in [3.8, 4) is 11.4 Å². The summed E-state index contributed by atoms with van der Waals surface area (Å²) >= 11 is 0. The smallest absolute Gasteiger partial charge is 0.131 e.